The number of aliphatic hydroxyl groups is 2. The van der Waals surface area contributed by atoms with Gasteiger partial charge in [0.25, 0.3) is 11.8 Å². The quantitative estimate of drug-likeness (QED) is 0.394. The third-order valence-electron chi connectivity index (χ3n) is 4.84. The molecule has 10 nitrogen and oxygen atoms in total. The lowest BCUT2D eigenvalue weighted by molar-refractivity contribution is -0.149. The van der Waals surface area contributed by atoms with Crippen molar-refractivity contribution in [1.82, 2.24) is 15.6 Å². The van der Waals surface area contributed by atoms with Gasteiger partial charge in [0.05, 0.1) is 23.5 Å². The minimum Gasteiger partial charge on any atom is -0.461 e. The van der Waals surface area contributed by atoms with Crippen LogP contribution in [0.5, 0.6) is 0 Å². The van der Waals surface area contributed by atoms with Gasteiger partial charge in [0, 0.05) is 25.1 Å². The van der Waals surface area contributed by atoms with Crippen LogP contribution < -0.4 is 10.6 Å². The fraction of sp³-hybridized carbons (Fsp3) is 0.455. The molecule has 11 heteroatoms. The van der Waals surface area contributed by atoms with Crippen molar-refractivity contribution in [2.75, 3.05) is 12.3 Å². The topological polar surface area (TPSA) is 151 Å². The first-order chi connectivity index (χ1) is 15.8. The molecule has 2 aliphatic rings. The number of aliphatic hydroxyl groups excluding tert-OH is 2. The standard InChI is InChI=1S/C22H27N3O7S/c1-13-6-7-18-21(29)23-8-4-2-3-5-14(26)9-15(27)10-19-24-16(11-31-19)20(28)25-17(12-33-18)22(30)32-13/h2-5,7,11,13-15,17,26-27H,6,8-10,12H2,1H3,(H,23,29)(H,25,28)/t13-,14-,15-,17-/m1/s1. The maximum Gasteiger partial charge on any atom is 0.329 e. The maximum atomic E-state index is 12.6. The number of nitrogens with zero attached hydrogens (tertiary/aromatic N) is 1. The van der Waals surface area contributed by atoms with Gasteiger partial charge in [-0.2, -0.15) is 0 Å². The number of hydrogen-bond donors (Lipinski definition) is 4. The number of carbonyl (C=O) groups excluding carboxylic acids is 3. The highest BCUT2D eigenvalue weighted by Gasteiger charge is 2.28. The van der Waals surface area contributed by atoms with Crippen LogP contribution in [0, 0.1) is 0 Å². The number of esters is 1. The fourth-order valence-corrected chi connectivity index (χ4v) is 4.10. The summed E-state index contributed by atoms with van der Waals surface area (Å²) in [5, 5.41) is 25.6. The molecule has 0 radical (unpaired) electrons. The van der Waals surface area contributed by atoms with Crippen LogP contribution in [0.4, 0.5) is 0 Å². The van der Waals surface area contributed by atoms with Gasteiger partial charge < -0.3 is 30.0 Å². The largest absolute Gasteiger partial charge is 0.461 e. The number of thioether (sulfide) groups is 1. The zero-order valence-electron chi connectivity index (χ0n) is 18.1. The number of fused-ring (bicyclic) bond motifs is 5. The average molecular weight is 478 g/mol. The van der Waals surface area contributed by atoms with Crippen LogP contribution in [0.2, 0.25) is 0 Å². The first-order valence-corrected chi connectivity index (χ1v) is 11.6. The van der Waals surface area contributed by atoms with E-state index in [-0.39, 0.29) is 42.6 Å². The van der Waals surface area contributed by atoms with E-state index in [2.05, 4.69) is 15.6 Å². The monoisotopic (exact) mass is 477 g/mol. The lowest BCUT2D eigenvalue weighted by Gasteiger charge is -2.18. The summed E-state index contributed by atoms with van der Waals surface area (Å²) < 4.78 is 10.7. The number of cyclic esters (lactones) is 1. The summed E-state index contributed by atoms with van der Waals surface area (Å²) in [7, 11) is 0. The highest BCUT2D eigenvalue weighted by molar-refractivity contribution is 8.04. The molecule has 2 aliphatic heterocycles. The molecule has 1 aromatic rings. The minimum absolute atomic E-state index is 0.00699. The van der Waals surface area contributed by atoms with Gasteiger partial charge in [0.15, 0.2) is 11.6 Å². The van der Waals surface area contributed by atoms with Gasteiger partial charge in [-0.3, -0.25) is 9.59 Å². The Morgan fingerprint density at radius 1 is 1.18 bits per heavy atom. The molecule has 3 heterocycles. The molecule has 0 saturated carbocycles. The Kier molecular flexibility index (Phi) is 8.87. The second-order valence-electron chi connectivity index (χ2n) is 7.70. The van der Waals surface area contributed by atoms with Crippen LogP contribution in [0.25, 0.3) is 0 Å². The van der Waals surface area contributed by atoms with Crippen molar-refractivity contribution < 1.29 is 33.8 Å². The highest BCUT2D eigenvalue weighted by atomic mass is 32.2. The Bertz CT molecular complexity index is 956. The first kappa shape index (κ1) is 24.7. The summed E-state index contributed by atoms with van der Waals surface area (Å²) >= 11 is 1.15. The van der Waals surface area contributed by atoms with E-state index in [1.54, 1.807) is 31.2 Å². The molecular weight excluding hydrogens is 450 g/mol. The zero-order chi connectivity index (χ0) is 23.8. The van der Waals surface area contributed by atoms with E-state index in [0.29, 0.717) is 11.3 Å². The maximum absolute atomic E-state index is 12.6. The molecule has 1 aromatic heterocycles. The molecule has 2 amide bonds. The Balaban J connectivity index is 1.84. The summed E-state index contributed by atoms with van der Waals surface area (Å²) in [6.07, 6.45) is 7.47. The number of carbonyl (C=O) groups is 3. The second kappa shape index (κ2) is 11.8. The third-order valence-corrected chi connectivity index (χ3v) is 6.00. The third kappa shape index (κ3) is 7.58. The van der Waals surface area contributed by atoms with Crippen molar-refractivity contribution >= 4 is 29.5 Å². The smallest absolute Gasteiger partial charge is 0.329 e. The number of hydrogen-bond acceptors (Lipinski definition) is 9. The number of allylic oxidation sites excluding steroid dienone is 2. The van der Waals surface area contributed by atoms with Gasteiger partial charge in [-0.1, -0.05) is 30.4 Å². The number of nitrogens with one attached hydrogen (secondary N) is 2. The van der Waals surface area contributed by atoms with E-state index in [1.165, 1.54) is 6.08 Å². The van der Waals surface area contributed by atoms with Gasteiger partial charge in [-0.15, -0.1) is 11.8 Å². The molecule has 0 aromatic carbocycles. The van der Waals surface area contributed by atoms with Crippen molar-refractivity contribution in [3.8, 4) is 0 Å². The Morgan fingerprint density at radius 3 is 2.82 bits per heavy atom. The average Bonchev–Trinajstić information content (AvgIpc) is 3.23. The van der Waals surface area contributed by atoms with Crippen molar-refractivity contribution in [2.24, 2.45) is 0 Å². The summed E-state index contributed by atoms with van der Waals surface area (Å²) in [5.74, 6) is -1.34. The fourth-order valence-electron chi connectivity index (χ4n) is 3.12. The predicted octanol–water partition coefficient (Wildman–Crippen LogP) is 0.622. The van der Waals surface area contributed by atoms with Crippen LogP contribution in [-0.2, 0) is 20.7 Å². The predicted molar refractivity (Wildman–Crippen MR) is 120 cm³/mol. The molecule has 33 heavy (non-hydrogen) atoms. The SMILES string of the molecule is C[C@@H]1CC=C2SC[C@@H](NC(=O)c3coc(n3)C[C@H](O)C[C@H](O)C=CC=CCNC2=O)C(=O)O1. The lowest BCUT2D eigenvalue weighted by atomic mass is 10.1. The Hall–Kier alpha value is -2.89. The van der Waals surface area contributed by atoms with Crippen molar-refractivity contribution in [2.45, 2.75) is 50.5 Å². The molecule has 0 unspecified atom stereocenters. The van der Waals surface area contributed by atoms with Crippen molar-refractivity contribution in [3.05, 3.63) is 53.1 Å². The number of oxazole rings is 1. The number of amides is 2. The van der Waals surface area contributed by atoms with Crippen LogP contribution in [0.15, 0.2) is 46.0 Å². The van der Waals surface area contributed by atoms with Crippen LogP contribution in [0.3, 0.4) is 0 Å². The lowest BCUT2D eigenvalue weighted by Crippen LogP contribution is -2.44. The summed E-state index contributed by atoms with van der Waals surface area (Å²) in [5.41, 5.74) is -0.0589. The molecular formula is C22H27N3O7S. The van der Waals surface area contributed by atoms with E-state index in [9.17, 15) is 24.6 Å². The van der Waals surface area contributed by atoms with Crippen molar-refractivity contribution in [3.63, 3.8) is 0 Å². The van der Waals surface area contributed by atoms with E-state index in [1.807, 2.05) is 0 Å². The zero-order valence-corrected chi connectivity index (χ0v) is 18.9. The normalized spacial score (nSPS) is 28.0. The Morgan fingerprint density at radius 2 is 2.00 bits per heavy atom. The molecule has 178 valence electrons. The molecule has 0 aliphatic carbocycles. The van der Waals surface area contributed by atoms with E-state index < -0.39 is 36.2 Å². The molecule has 4 atom stereocenters. The van der Waals surface area contributed by atoms with Gasteiger partial charge in [0.1, 0.15) is 18.4 Å². The summed E-state index contributed by atoms with van der Waals surface area (Å²) in [6.45, 7) is 1.97. The van der Waals surface area contributed by atoms with Crippen LogP contribution in [-0.4, -0.2) is 69.6 Å². The molecule has 4 bridgehead atoms. The minimum atomic E-state index is -1.00. The van der Waals surface area contributed by atoms with Crippen molar-refractivity contribution in [1.29, 1.82) is 0 Å². The van der Waals surface area contributed by atoms with Crippen LogP contribution >= 0.6 is 11.8 Å². The van der Waals surface area contributed by atoms with E-state index in [0.717, 1.165) is 18.0 Å². The second-order valence-corrected chi connectivity index (χ2v) is 8.76. The van der Waals surface area contributed by atoms with Gasteiger partial charge >= 0.3 is 5.97 Å². The van der Waals surface area contributed by atoms with Gasteiger partial charge in [-0.05, 0) is 6.92 Å². The summed E-state index contributed by atoms with van der Waals surface area (Å²) in [4.78, 5) is 42.3. The van der Waals surface area contributed by atoms with E-state index >= 15 is 0 Å². The molecule has 0 spiro atoms. The highest BCUT2D eigenvalue weighted by Crippen LogP contribution is 2.22. The molecule has 4 N–H and O–H groups in total. The molecule has 0 saturated heterocycles. The number of rotatable bonds is 0. The Labute approximate surface area is 195 Å². The number of aromatic nitrogens is 1. The number of ether oxygens (including phenoxy) is 1. The molecule has 0 fully saturated rings. The molecule has 3 rings (SSSR count). The van der Waals surface area contributed by atoms with Gasteiger partial charge in [-0.25, -0.2) is 9.78 Å². The van der Waals surface area contributed by atoms with Crippen LogP contribution in [0.1, 0.15) is 36.1 Å². The van der Waals surface area contributed by atoms with E-state index in [4.69, 9.17) is 9.15 Å². The first-order valence-electron chi connectivity index (χ1n) is 10.6. The summed E-state index contributed by atoms with van der Waals surface area (Å²) in [6, 6.07) is -1.00. The van der Waals surface area contributed by atoms with Gasteiger partial charge in [0.2, 0.25) is 0 Å².